The van der Waals surface area contributed by atoms with E-state index < -0.39 is 0 Å². The van der Waals surface area contributed by atoms with Crippen LogP contribution in [0.15, 0.2) is 0 Å². The molecule has 0 aromatic heterocycles. The van der Waals surface area contributed by atoms with Crippen LogP contribution in [0.1, 0.15) is 103 Å². The van der Waals surface area contributed by atoms with Gasteiger partial charge in [-0.3, -0.25) is 4.90 Å². The summed E-state index contributed by atoms with van der Waals surface area (Å²) in [5.41, 5.74) is 0. The second-order valence-corrected chi connectivity index (χ2v) is 9.03. The molecule has 0 aromatic carbocycles. The lowest BCUT2D eigenvalue weighted by molar-refractivity contribution is -0.941. The van der Waals surface area contributed by atoms with Gasteiger partial charge in [-0.2, -0.15) is 0 Å². The Bertz CT molecular complexity index is 293. The molecule has 2 heteroatoms. The van der Waals surface area contributed by atoms with E-state index in [1.807, 2.05) is 0 Å². The quantitative estimate of drug-likeness (QED) is 0.243. The molecular weight excluding hydrogens is 304 g/mol. The standard InChI is InChI=1S/C23H47N2/c1-2-3-4-5-6-7-8-9-10-11-12-13-14-15-16-20-25-21-17-24(18-22-25)19-23-25/h2-23H2,1H3/q+1. The van der Waals surface area contributed by atoms with Crippen LogP contribution in [0, 0.1) is 0 Å². The highest BCUT2D eigenvalue weighted by Gasteiger charge is 2.37. The summed E-state index contributed by atoms with van der Waals surface area (Å²) >= 11 is 0. The third-order valence-electron chi connectivity index (χ3n) is 6.91. The SMILES string of the molecule is CCCCCCCCCCCCCCCCC[N+]12CCN(CC1)CC2. The van der Waals surface area contributed by atoms with Crippen molar-refractivity contribution in [3.8, 4) is 0 Å². The molecule has 0 atom stereocenters. The smallest absolute Gasteiger partial charge is 0.0916 e. The summed E-state index contributed by atoms with van der Waals surface area (Å²) in [5.74, 6) is 0. The second kappa shape index (κ2) is 13.1. The molecule has 148 valence electrons. The van der Waals surface area contributed by atoms with Gasteiger partial charge in [0, 0.05) is 19.6 Å². The molecule has 0 saturated carbocycles. The van der Waals surface area contributed by atoms with E-state index in [1.165, 1.54) is 147 Å². The molecule has 3 saturated heterocycles. The van der Waals surface area contributed by atoms with Gasteiger partial charge in [0.25, 0.3) is 0 Å². The topological polar surface area (TPSA) is 3.24 Å². The highest BCUT2D eigenvalue weighted by molar-refractivity contribution is 4.70. The fraction of sp³-hybridized carbons (Fsp3) is 1.00. The van der Waals surface area contributed by atoms with E-state index in [0.29, 0.717) is 0 Å². The number of nitrogens with zero attached hydrogens (tertiary/aromatic N) is 2. The Morgan fingerprint density at radius 1 is 0.520 bits per heavy atom. The van der Waals surface area contributed by atoms with Crippen molar-refractivity contribution in [2.75, 3.05) is 45.8 Å². The molecule has 0 unspecified atom stereocenters. The number of quaternary nitrogens is 1. The van der Waals surface area contributed by atoms with Gasteiger partial charge >= 0.3 is 0 Å². The lowest BCUT2D eigenvalue weighted by Crippen LogP contribution is -2.67. The monoisotopic (exact) mass is 351 g/mol. The Morgan fingerprint density at radius 3 is 1.28 bits per heavy atom. The van der Waals surface area contributed by atoms with Crippen LogP contribution >= 0.6 is 0 Å². The zero-order chi connectivity index (χ0) is 17.6. The molecule has 2 bridgehead atoms. The predicted octanol–water partition coefficient (Wildman–Crippen LogP) is 6.00. The van der Waals surface area contributed by atoms with Crippen molar-refractivity contribution in [2.45, 2.75) is 103 Å². The number of hydrogen-bond acceptors (Lipinski definition) is 1. The molecule has 3 aliphatic rings. The van der Waals surface area contributed by atoms with E-state index in [9.17, 15) is 0 Å². The normalized spacial score (nSPS) is 25.6. The Morgan fingerprint density at radius 2 is 0.880 bits per heavy atom. The zero-order valence-corrected chi connectivity index (χ0v) is 17.5. The molecule has 3 fully saturated rings. The minimum absolute atomic E-state index is 1.37. The van der Waals surface area contributed by atoms with Gasteiger partial charge in [0.15, 0.2) is 0 Å². The number of rotatable bonds is 16. The van der Waals surface area contributed by atoms with Gasteiger partial charge < -0.3 is 4.48 Å². The van der Waals surface area contributed by atoms with Crippen LogP contribution in [-0.4, -0.2) is 55.2 Å². The Balaban J connectivity index is 1.28. The first-order valence-corrected chi connectivity index (χ1v) is 11.9. The van der Waals surface area contributed by atoms with Gasteiger partial charge in [-0.05, 0) is 12.8 Å². The maximum Gasteiger partial charge on any atom is 0.0916 e. The minimum atomic E-state index is 1.37. The first-order valence-electron chi connectivity index (χ1n) is 11.9. The minimum Gasteiger partial charge on any atom is -0.320 e. The number of unbranched alkanes of at least 4 members (excludes halogenated alkanes) is 14. The van der Waals surface area contributed by atoms with Crippen LogP contribution in [-0.2, 0) is 0 Å². The first kappa shape index (κ1) is 21.2. The van der Waals surface area contributed by atoms with Crippen LogP contribution in [0.5, 0.6) is 0 Å². The van der Waals surface area contributed by atoms with E-state index in [0.717, 1.165) is 0 Å². The Labute approximate surface area is 158 Å². The maximum atomic E-state index is 2.66. The maximum absolute atomic E-state index is 2.66. The van der Waals surface area contributed by atoms with Crippen molar-refractivity contribution in [3.63, 3.8) is 0 Å². The lowest BCUT2D eigenvalue weighted by Gasteiger charge is -2.50. The van der Waals surface area contributed by atoms with E-state index in [4.69, 9.17) is 0 Å². The van der Waals surface area contributed by atoms with Crippen LogP contribution in [0.25, 0.3) is 0 Å². The molecule has 0 aromatic rings. The fourth-order valence-corrected chi connectivity index (χ4v) is 4.89. The Hall–Kier alpha value is -0.0800. The van der Waals surface area contributed by atoms with Gasteiger partial charge in [-0.1, -0.05) is 90.4 Å². The average Bonchev–Trinajstić information content (AvgIpc) is 2.66. The third kappa shape index (κ3) is 8.91. The Kier molecular flexibility index (Phi) is 11.2. The van der Waals surface area contributed by atoms with Crippen LogP contribution in [0.3, 0.4) is 0 Å². The molecule has 25 heavy (non-hydrogen) atoms. The van der Waals surface area contributed by atoms with Gasteiger partial charge in [-0.15, -0.1) is 0 Å². The molecule has 0 aliphatic carbocycles. The molecule has 3 heterocycles. The number of fused-ring (bicyclic) bond motifs is 3. The van der Waals surface area contributed by atoms with Crippen LogP contribution in [0.2, 0.25) is 0 Å². The van der Waals surface area contributed by atoms with Crippen molar-refractivity contribution in [1.82, 2.24) is 4.90 Å². The van der Waals surface area contributed by atoms with Gasteiger partial charge in [0.1, 0.15) is 0 Å². The van der Waals surface area contributed by atoms with Crippen molar-refractivity contribution in [1.29, 1.82) is 0 Å². The predicted molar refractivity (Wildman–Crippen MR) is 111 cm³/mol. The largest absolute Gasteiger partial charge is 0.320 e. The highest BCUT2D eigenvalue weighted by Crippen LogP contribution is 2.21. The van der Waals surface area contributed by atoms with Crippen molar-refractivity contribution in [3.05, 3.63) is 0 Å². The molecule has 2 nitrogen and oxygen atoms in total. The molecule has 0 spiro atoms. The number of piperazine rings is 3. The molecule has 0 radical (unpaired) electrons. The van der Waals surface area contributed by atoms with E-state index >= 15 is 0 Å². The third-order valence-corrected chi connectivity index (χ3v) is 6.91. The molecule has 3 aliphatic heterocycles. The zero-order valence-electron chi connectivity index (χ0n) is 17.5. The van der Waals surface area contributed by atoms with Crippen molar-refractivity contribution < 1.29 is 4.48 Å². The van der Waals surface area contributed by atoms with Crippen molar-refractivity contribution >= 4 is 0 Å². The van der Waals surface area contributed by atoms with Gasteiger partial charge in [0.2, 0.25) is 0 Å². The molecule has 0 N–H and O–H groups in total. The average molecular weight is 352 g/mol. The molecule has 0 amide bonds. The summed E-state index contributed by atoms with van der Waals surface area (Å²) in [6, 6.07) is 0. The summed E-state index contributed by atoms with van der Waals surface area (Å²) in [6.45, 7) is 12.2. The van der Waals surface area contributed by atoms with Gasteiger partial charge in [0.05, 0.1) is 26.2 Å². The van der Waals surface area contributed by atoms with Crippen molar-refractivity contribution in [2.24, 2.45) is 0 Å². The second-order valence-electron chi connectivity index (χ2n) is 9.03. The van der Waals surface area contributed by atoms with E-state index in [1.54, 1.807) is 0 Å². The van der Waals surface area contributed by atoms with Gasteiger partial charge in [-0.25, -0.2) is 0 Å². The first-order chi connectivity index (χ1) is 12.3. The number of hydrogen-bond donors (Lipinski definition) is 0. The van der Waals surface area contributed by atoms with E-state index in [2.05, 4.69) is 11.8 Å². The highest BCUT2D eigenvalue weighted by atomic mass is 15.4. The summed E-state index contributed by atoms with van der Waals surface area (Å²) in [5, 5.41) is 0. The lowest BCUT2D eigenvalue weighted by atomic mass is 10.0. The summed E-state index contributed by atoms with van der Waals surface area (Å²) in [7, 11) is 0. The van der Waals surface area contributed by atoms with E-state index in [-0.39, 0.29) is 0 Å². The molecule has 3 rings (SSSR count). The van der Waals surface area contributed by atoms with Crippen LogP contribution in [0.4, 0.5) is 0 Å². The molecular formula is C23H47N2+. The summed E-state index contributed by atoms with van der Waals surface area (Å²) in [6.07, 6.45) is 22.1. The van der Waals surface area contributed by atoms with Crippen LogP contribution < -0.4 is 0 Å². The summed E-state index contributed by atoms with van der Waals surface area (Å²) in [4.78, 5) is 2.66. The fourth-order valence-electron chi connectivity index (χ4n) is 4.89. The summed E-state index contributed by atoms with van der Waals surface area (Å²) < 4.78 is 1.47.